The molecule has 0 spiro atoms. The molecule has 1 unspecified atom stereocenters. The Labute approximate surface area is 193 Å². The Balaban J connectivity index is 1.42. The fourth-order valence-corrected chi connectivity index (χ4v) is 3.35. The highest BCUT2D eigenvalue weighted by Gasteiger charge is 2.51. The van der Waals surface area contributed by atoms with E-state index in [1.165, 1.54) is 43.1 Å². The summed E-state index contributed by atoms with van der Waals surface area (Å²) >= 11 is 0. The number of pyridine rings is 1. The predicted octanol–water partition coefficient (Wildman–Crippen LogP) is 2.90. The Bertz CT molecular complexity index is 1290. The van der Waals surface area contributed by atoms with Gasteiger partial charge >= 0.3 is 0 Å². The zero-order chi connectivity index (χ0) is 24.3. The molecule has 1 atom stereocenters. The number of anilines is 2. The minimum absolute atomic E-state index is 0.00269. The highest BCUT2D eigenvalue weighted by Crippen LogP contribution is 2.36. The lowest BCUT2D eigenvalue weighted by molar-refractivity contribution is -0.124. The minimum Gasteiger partial charge on any atom is -0.353 e. The molecule has 2 heterocycles. The van der Waals surface area contributed by atoms with E-state index < -0.39 is 35.0 Å². The van der Waals surface area contributed by atoms with Gasteiger partial charge in [0, 0.05) is 18.5 Å². The Hall–Kier alpha value is -4.46. The van der Waals surface area contributed by atoms with E-state index in [4.69, 9.17) is 5.26 Å². The van der Waals surface area contributed by atoms with Gasteiger partial charge in [-0.3, -0.25) is 14.6 Å². The molecule has 1 aliphatic rings. The molecule has 1 aromatic carbocycles. The Morgan fingerprint density at radius 1 is 1.15 bits per heavy atom. The van der Waals surface area contributed by atoms with Gasteiger partial charge < -0.3 is 16.0 Å². The van der Waals surface area contributed by atoms with Gasteiger partial charge in [0.15, 0.2) is 0 Å². The van der Waals surface area contributed by atoms with Gasteiger partial charge in [-0.1, -0.05) is 0 Å². The molecule has 34 heavy (non-hydrogen) atoms. The smallest absolute Gasteiger partial charge is 0.255 e. The first-order valence-electron chi connectivity index (χ1n) is 10.3. The maximum atomic E-state index is 14.8. The standard InChI is InChI=1S/C23H19F2N7O2/c1-13(30-22(34)23(4-5-23)32-21(33)15-9-27-12-28-10-15)20-18(25)7-17(11-29-20)31-19-3-2-16(24)6-14(19)8-26/h2-3,6-7,9-13,31H,4-5H2,1H3,(H,30,34)(H,32,33). The molecule has 1 saturated carbocycles. The van der Waals surface area contributed by atoms with Crippen LogP contribution in [0, 0.1) is 23.0 Å². The maximum absolute atomic E-state index is 14.8. The zero-order valence-corrected chi connectivity index (χ0v) is 18.0. The molecule has 2 amide bonds. The van der Waals surface area contributed by atoms with Gasteiger partial charge in [0.25, 0.3) is 5.91 Å². The second-order valence-corrected chi connectivity index (χ2v) is 7.88. The minimum atomic E-state index is -1.07. The van der Waals surface area contributed by atoms with Gasteiger partial charge in [0.2, 0.25) is 5.91 Å². The van der Waals surface area contributed by atoms with Crippen LogP contribution < -0.4 is 16.0 Å². The Morgan fingerprint density at radius 2 is 1.88 bits per heavy atom. The van der Waals surface area contributed by atoms with E-state index in [1.807, 2.05) is 6.07 Å². The third-order valence-electron chi connectivity index (χ3n) is 5.37. The second kappa shape index (κ2) is 9.19. The predicted molar refractivity (Wildman–Crippen MR) is 117 cm³/mol. The summed E-state index contributed by atoms with van der Waals surface area (Å²) in [7, 11) is 0. The monoisotopic (exact) mass is 463 g/mol. The molecule has 3 aromatic rings. The molecular weight excluding hydrogens is 444 g/mol. The fourth-order valence-electron chi connectivity index (χ4n) is 3.35. The van der Waals surface area contributed by atoms with Crippen molar-refractivity contribution in [2.45, 2.75) is 31.3 Å². The summed E-state index contributed by atoms with van der Waals surface area (Å²) in [6.07, 6.45) is 6.22. The number of halogens is 2. The van der Waals surface area contributed by atoms with Crippen LogP contribution in [0.2, 0.25) is 0 Å². The number of hydrogen-bond acceptors (Lipinski definition) is 7. The van der Waals surface area contributed by atoms with Gasteiger partial charge in [-0.05, 0) is 38.0 Å². The number of carbonyl (C=O) groups excluding carboxylic acids is 2. The number of nitrogens with zero attached hydrogens (tertiary/aromatic N) is 4. The van der Waals surface area contributed by atoms with Crippen LogP contribution in [0.25, 0.3) is 0 Å². The number of benzene rings is 1. The first-order chi connectivity index (χ1) is 16.3. The van der Waals surface area contributed by atoms with Gasteiger partial charge in [-0.15, -0.1) is 0 Å². The van der Waals surface area contributed by atoms with E-state index in [-0.39, 0.29) is 22.5 Å². The van der Waals surface area contributed by atoms with Crippen LogP contribution in [0.1, 0.15) is 47.4 Å². The van der Waals surface area contributed by atoms with Crippen molar-refractivity contribution in [2.24, 2.45) is 0 Å². The number of nitriles is 1. The van der Waals surface area contributed by atoms with E-state index in [2.05, 4.69) is 30.9 Å². The van der Waals surface area contributed by atoms with Gasteiger partial charge in [-0.25, -0.2) is 18.7 Å². The highest BCUT2D eigenvalue weighted by molar-refractivity contribution is 6.00. The van der Waals surface area contributed by atoms with E-state index in [0.717, 1.165) is 6.07 Å². The number of amides is 2. The molecule has 0 saturated heterocycles. The topological polar surface area (TPSA) is 133 Å². The number of nitrogens with one attached hydrogen (secondary N) is 3. The summed E-state index contributed by atoms with van der Waals surface area (Å²) < 4.78 is 28.1. The van der Waals surface area contributed by atoms with Crippen LogP contribution in [-0.2, 0) is 4.79 Å². The molecule has 0 bridgehead atoms. The zero-order valence-electron chi connectivity index (χ0n) is 18.0. The maximum Gasteiger partial charge on any atom is 0.255 e. The van der Waals surface area contributed by atoms with E-state index in [1.54, 1.807) is 6.92 Å². The molecule has 9 nitrogen and oxygen atoms in total. The largest absolute Gasteiger partial charge is 0.353 e. The number of aromatic nitrogens is 3. The molecule has 2 aromatic heterocycles. The number of rotatable bonds is 7. The number of carbonyl (C=O) groups is 2. The van der Waals surface area contributed by atoms with Crippen molar-refractivity contribution in [3.05, 3.63) is 77.6 Å². The normalized spacial score (nSPS) is 14.4. The Kier molecular flexibility index (Phi) is 6.14. The van der Waals surface area contributed by atoms with Crippen molar-refractivity contribution in [1.29, 1.82) is 5.26 Å². The lowest BCUT2D eigenvalue weighted by Crippen LogP contribution is -2.49. The van der Waals surface area contributed by atoms with Crippen molar-refractivity contribution in [3.63, 3.8) is 0 Å². The summed E-state index contributed by atoms with van der Waals surface area (Å²) in [5.74, 6) is -2.17. The summed E-state index contributed by atoms with van der Waals surface area (Å²) in [5, 5.41) is 17.4. The van der Waals surface area contributed by atoms with Crippen LogP contribution in [-0.4, -0.2) is 32.3 Å². The lowest BCUT2D eigenvalue weighted by Gasteiger charge is -2.21. The highest BCUT2D eigenvalue weighted by atomic mass is 19.1. The summed E-state index contributed by atoms with van der Waals surface area (Å²) in [5.41, 5.74) is -0.240. The van der Waals surface area contributed by atoms with Crippen molar-refractivity contribution in [1.82, 2.24) is 25.6 Å². The average molecular weight is 463 g/mol. The average Bonchev–Trinajstić information content (AvgIpc) is 3.61. The molecule has 172 valence electrons. The SMILES string of the molecule is CC(NC(=O)C1(NC(=O)c2cncnc2)CC1)c1ncc(Nc2ccc(F)cc2C#N)cc1F. The van der Waals surface area contributed by atoms with Gasteiger partial charge in [0.05, 0.1) is 40.4 Å². The molecule has 3 N–H and O–H groups in total. The summed E-state index contributed by atoms with van der Waals surface area (Å²) in [6.45, 7) is 1.58. The third-order valence-corrected chi connectivity index (χ3v) is 5.37. The first kappa shape index (κ1) is 22.7. The van der Waals surface area contributed by atoms with Crippen molar-refractivity contribution in [3.8, 4) is 6.07 Å². The summed E-state index contributed by atoms with van der Waals surface area (Å²) in [6, 6.07) is 5.86. The van der Waals surface area contributed by atoms with E-state index in [9.17, 15) is 18.4 Å². The number of hydrogen-bond donors (Lipinski definition) is 3. The van der Waals surface area contributed by atoms with Crippen molar-refractivity contribution < 1.29 is 18.4 Å². The van der Waals surface area contributed by atoms with Crippen LogP contribution in [0.4, 0.5) is 20.2 Å². The molecular formula is C23H19F2N7O2. The van der Waals surface area contributed by atoms with Crippen molar-refractivity contribution >= 4 is 23.2 Å². The lowest BCUT2D eigenvalue weighted by atomic mass is 10.1. The van der Waals surface area contributed by atoms with Crippen LogP contribution in [0.15, 0.2) is 49.2 Å². The quantitative estimate of drug-likeness (QED) is 0.491. The molecule has 11 heteroatoms. The summed E-state index contributed by atoms with van der Waals surface area (Å²) in [4.78, 5) is 36.9. The third kappa shape index (κ3) is 4.80. The molecule has 1 fully saturated rings. The van der Waals surface area contributed by atoms with Crippen molar-refractivity contribution in [2.75, 3.05) is 5.32 Å². The van der Waals surface area contributed by atoms with Gasteiger partial charge in [0.1, 0.15) is 29.6 Å². The first-order valence-corrected chi connectivity index (χ1v) is 10.3. The van der Waals surface area contributed by atoms with E-state index in [0.29, 0.717) is 18.5 Å². The molecule has 0 aliphatic heterocycles. The Morgan fingerprint density at radius 3 is 2.53 bits per heavy atom. The van der Waals surface area contributed by atoms with Crippen LogP contribution in [0.5, 0.6) is 0 Å². The second-order valence-electron chi connectivity index (χ2n) is 7.88. The molecule has 1 aliphatic carbocycles. The van der Waals surface area contributed by atoms with Crippen LogP contribution in [0.3, 0.4) is 0 Å². The van der Waals surface area contributed by atoms with Gasteiger partial charge in [-0.2, -0.15) is 5.26 Å². The fraction of sp³-hybridized carbons (Fsp3) is 0.217. The molecule has 0 radical (unpaired) electrons. The van der Waals surface area contributed by atoms with E-state index >= 15 is 0 Å². The molecule has 4 rings (SSSR count). The van der Waals surface area contributed by atoms with Crippen LogP contribution >= 0.6 is 0 Å².